The zero-order chi connectivity index (χ0) is 21.6. The Morgan fingerprint density at radius 2 is 1.71 bits per heavy atom. The van der Waals surface area contributed by atoms with E-state index in [-0.39, 0.29) is 5.91 Å². The van der Waals surface area contributed by atoms with Crippen LogP contribution in [0.3, 0.4) is 0 Å². The summed E-state index contributed by atoms with van der Waals surface area (Å²) in [4.78, 5) is 20.2. The molecule has 1 atom stereocenters. The molecule has 31 heavy (non-hydrogen) atoms. The molecule has 2 fully saturated rings. The van der Waals surface area contributed by atoms with Crippen LogP contribution in [-0.2, 0) is 6.54 Å². The number of piperidine rings is 1. The van der Waals surface area contributed by atoms with E-state index < -0.39 is 0 Å². The molecule has 2 aromatic rings. The van der Waals surface area contributed by atoms with Crippen molar-refractivity contribution in [1.29, 1.82) is 0 Å². The summed E-state index contributed by atoms with van der Waals surface area (Å²) in [7, 11) is 3.17. The van der Waals surface area contributed by atoms with Gasteiger partial charge in [0.05, 0.1) is 19.8 Å². The number of methoxy groups -OCH3 is 2. The highest BCUT2D eigenvalue weighted by Crippen LogP contribution is 2.32. The van der Waals surface area contributed by atoms with E-state index >= 15 is 0 Å². The maximum Gasteiger partial charge on any atom is 0.257 e. The molecule has 1 unspecified atom stereocenters. The number of likely N-dealkylation sites (tertiary alicyclic amines) is 1. The highest BCUT2D eigenvalue weighted by molar-refractivity contribution is 5.97. The summed E-state index contributed by atoms with van der Waals surface area (Å²) in [5, 5.41) is 0. The van der Waals surface area contributed by atoms with Gasteiger partial charge in [-0.25, -0.2) is 0 Å². The highest BCUT2D eigenvalue weighted by Gasteiger charge is 2.30. The quantitative estimate of drug-likeness (QED) is 0.714. The first kappa shape index (κ1) is 21.7. The van der Waals surface area contributed by atoms with E-state index in [1.54, 1.807) is 14.2 Å². The fourth-order valence-electron chi connectivity index (χ4n) is 4.83. The van der Waals surface area contributed by atoms with Gasteiger partial charge in [-0.2, -0.15) is 0 Å². The van der Waals surface area contributed by atoms with E-state index in [2.05, 4.69) is 40.1 Å². The van der Waals surface area contributed by atoms with Crippen LogP contribution in [0, 0.1) is 0 Å². The maximum atomic E-state index is 13.1. The van der Waals surface area contributed by atoms with E-state index in [0.717, 1.165) is 39.3 Å². The fourth-order valence-corrected chi connectivity index (χ4v) is 4.83. The van der Waals surface area contributed by atoms with Crippen molar-refractivity contribution >= 4 is 5.91 Å². The molecule has 2 heterocycles. The largest absolute Gasteiger partial charge is 0.493 e. The third kappa shape index (κ3) is 5.02. The van der Waals surface area contributed by atoms with Gasteiger partial charge in [-0.15, -0.1) is 0 Å². The van der Waals surface area contributed by atoms with Crippen LogP contribution in [0.4, 0.5) is 0 Å². The van der Waals surface area contributed by atoms with Crippen molar-refractivity contribution in [1.82, 2.24) is 14.7 Å². The van der Waals surface area contributed by atoms with Gasteiger partial charge in [0.2, 0.25) is 0 Å². The molecular weight excluding hydrogens is 390 g/mol. The molecule has 166 valence electrons. The van der Waals surface area contributed by atoms with Gasteiger partial charge in [0.25, 0.3) is 5.91 Å². The van der Waals surface area contributed by atoms with Crippen LogP contribution in [0.2, 0.25) is 0 Å². The van der Waals surface area contributed by atoms with E-state index in [9.17, 15) is 4.79 Å². The Morgan fingerprint density at radius 1 is 0.935 bits per heavy atom. The minimum absolute atomic E-state index is 0.0183. The number of piperazine rings is 1. The van der Waals surface area contributed by atoms with Gasteiger partial charge in [-0.1, -0.05) is 36.4 Å². The molecule has 6 heteroatoms. The van der Waals surface area contributed by atoms with Crippen LogP contribution < -0.4 is 9.47 Å². The lowest BCUT2D eigenvalue weighted by atomic mass is 10.0. The Morgan fingerprint density at radius 3 is 2.42 bits per heavy atom. The molecule has 2 aliphatic heterocycles. The second-order valence-electron chi connectivity index (χ2n) is 8.39. The number of nitrogens with zero attached hydrogens (tertiary/aromatic N) is 3. The van der Waals surface area contributed by atoms with Crippen LogP contribution in [0.1, 0.15) is 28.8 Å². The molecule has 0 radical (unpaired) electrons. The first-order valence-corrected chi connectivity index (χ1v) is 11.2. The molecule has 2 saturated heterocycles. The lowest BCUT2D eigenvalue weighted by Crippen LogP contribution is -2.55. The summed E-state index contributed by atoms with van der Waals surface area (Å²) >= 11 is 0. The molecule has 1 amide bonds. The number of hydrogen-bond donors (Lipinski definition) is 0. The molecule has 0 bridgehead atoms. The molecule has 0 aromatic heterocycles. The van der Waals surface area contributed by atoms with Gasteiger partial charge in [0.15, 0.2) is 11.5 Å². The number of amides is 1. The van der Waals surface area contributed by atoms with Gasteiger partial charge < -0.3 is 14.4 Å². The van der Waals surface area contributed by atoms with Crippen LogP contribution in [0.15, 0.2) is 48.5 Å². The summed E-state index contributed by atoms with van der Waals surface area (Å²) in [5.41, 5.74) is 1.95. The summed E-state index contributed by atoms with van der Waals surface area (Å²) in [6, 6.07) is 16.8. The zero-order valence-electron chi connectivity index (χ0n) is 18.6. The summed E-state index contributed by atoms with van der Waals surface area (Å²) in [6.07, 6.45) is 2.47. The number of ether oxygens (including phenoxy) is 2. The molecule has 0 aliphatic carbocycles. The standard InChI is InChI=1S/C25H33N3O3/c1-30-23-12-6-11-22(24(23)31-2)25(29)28-16-14-27(15-17-28)21-10-7-13-26(19-21)18-20-8-4-3-5-9-20/h3-6,8-9,11-12,21H,7,10,13-19H2,1-2H3. The van der Waals surface area contributed by atoms with E-state index in [1.807, 2.05) is 23.1 Å². The lowest BCUT2D eigenvalue weighted by Gasteiger charge is -2.43. The first-order valence-electron chi connectivity index (χ1n) is 11.2. The predicted molar refractivity (Wildman–Crippen MR) is 122 cm³/mol. The second kappa shape index (κ2) is 10.2. The van der Waals surface area contributed by atoms with Gasteiger partial charge in [0, 0.05) is 45.3 Å². The van der Waals surface area contributed by atoms with Gasteiger partial charge in [0.1, 0.15) is 0 Å². The third-order valence-corrected chi connectivity index (χ3v) is 6.48. The SMILES string of the molecule is COc1cccc(C(=O)N2CCN(C3CCCN(Cc4ccccc4)C3)CC2)c1OC. The number of benzene rings is 2. The normalized spacial score (nSPS) is 20.5. The van der Waals surface area contributed by atoms with Crippen LogP contribution in [0.5, 0.6) is 11.5 Å². The average Bonchev–Trinajstić information content (AvgIpc) is 2.84. The van der Waals surface area contributed by atoms with Crippen LogP contribution >= 0.6 is 0 Å². The molecule has 0 N–H and O–H groups in total. The van der Waals surface area contributed by atoms with E-state index in [4.69, 9.17) is 9.47 Å². The summed E-state index contributed by atoms with van der Waals surface area (Å²) in [5.74, 6) is 1.12. The van der Waals surface area contributed by atoms with Gasteiger partial charge in [-0.3, -0.25) is 14.6 Å². The minimum atomic E-state index is 0.0183. The van der Waals surface area contributed by atoms with Crippen molar-refractivity contribution in [2.75, 3.05) is 53.5 Å². The summed E-state index contributed by atoms with van der Waals surface area (Å²) < 4.78 is 10.8. The monoisotopic (exact) mass is 423 g/mol. The Bertz CT molecular complexity index is 866. The van der Waals surface area contributed by atoms with Crippen molar-refractivity contribution < 1.29 is 14.3 Å². The van der Waals surface area contributed by atoms with Crippen LogP contribution in [-0.4, -0.2) is 80.1 Å². The molecular formula is C25H33N3O3. The zero-order valence-corrected chi connectivity index (χ0v) is 18.6. The van der Waals surface area contributed by atoms with Gasteiger partial charge in [-0.05, 0) is 37.1 Å². The minimum Gasteiger partial charge on any atom is -0.493 e. The molecule has 2 aromatic carbocycles. The van der Waals surface area contributed by atoms with Gasteiger partial charge >= 0.3 is 0 Å². The second-order valence-corrected chi connectivity index (χ2v) is 8.39. The number of carbonyl (C=O) groups is 1. The van der Waals surface area contributed by atoms with Crippen molar-refractivity contribution in [3.63, 3.8) is 0 Å². The lowest BCUT2D eigenvalue weighted by molar-refractivity contribution is 0.0403. The van der Waals surface area contributed by atoms with Crippen molar-refractivity contribution in [3.8, 4) is 11.5 Å². The topological polar surface area (TPSA) is 45.2 Å². The van der Waals surface area contributed by atoms with Crippen molar-refractivity contribution in [2.45, 2.75) is 25.4 Å². The number of rotatable bonds is 6. The first-order chi connectivity index (χ1) is 15.2. The van der Waals surface area contributed by atoms with E-state index in [1.165, 1.54) is 24.9 Å². The number of carbonyl (C=O) groups excluding carboxylic acids is 1. The number of para-hydroxylation sites is 1. The molecule has 2 aliphatic rings. The van der Waals surface area contributed by atoms with Crippen molar-refractivity contribution in [3.05, 3.63) is 59.7 Å². The third-order valence-electron chi connectivity index (χ3n) is 6.48. The van der Waals surface area contributed by atoms with E-state index in [0.29, 0.717) is 23.1 Å². The molecule has 6 nitrogen and oxygen atoms in total. The Labute approximate surface area is 185 Å². The number of hydrogen-bond acceptors (Lipinski definition) is 5. The molecule has 0 saturated carbocycles. The Kier molecular flexibility index (Phi) is 7.10. The predicted octanol–water partition coefficient (Wildman–Crippen LogP) is 3.13. The van der Waals surface area contributed by atoms with Crippen LogP contribution in [0.25, 0.3) is 0 Å². The maximum absolute atomic E-state index is 13.1. The average molecular weight is 424 g/mol. The molecule has 0 spiro atoms. The molecule has 4 rings (SSSR count). The fraction of sp³-hybridized carbons (Fsp3) is 0.480. The Balaban J connectivity index is 1.34. The smallest absolute Gasteiger partial charge is 0.257 e. The van der Waals surface area contributed by atoms with Crippen molar-refractivity contribution in [2.24, 2.45) is 0 Å². The highest BCUT2D eigenvalue weighted by atomic mass is 16.5. The Hall–Kier alpha value is -2.57. The summed E-state index contributed by atoms with van der Waals surface area (Å²) in [6.45, 7) is 6.62.